The molecule has 0 spiro atoms. The van der Waals surface area contributed by atoms with Crippen molar-refractivity contribution in [1.82, 2.24) is 24.7 Å². The molecule has 0 saturated heterocycles. The third kappa shape index (κ3) is 3.07. The Hall–Kier alpha value is -2.83. The van der Waals surface area contributed by atoms with Gasteiger partial charge >= 0.3 is 0 Å². The van der Waals surface area contributed by atoms with Crippen LogP contribution < -0.4 is 10.9 Å². The van der Waals surface area contributed by atoms with Crippen LogP contribution in [0.25, 0.3) is 10.9 Å². The second kappa shape index (κ2) is 6.72. The first-order chi connectivity index (χ1) is 13.3. The standard InChI is InChI=1S/C20H22N6O/c27-19-10-13-2-1-3-17(13)25-26(19)15-6-4-14(5-7-15)24-20-16-8-9-21-11-18(16)22-12-23-20/h8-12,14-15H,1-7H2,(H,22,23,24). The smallest absolute Gasteiger partial charge is 0.267 e. The van der Waals surface area contributed by atoms with Gasteiger partial charge in [0, 0.05) is 23.7 Å². The van der Waals surface area contributed by atoms with Crippen LogP contribution in [0.4, 0.5) is 5.82 Å². The summed E-state index contributed by atoms with van der Waals surface area (Å²) in [6, 6.07) is 4.29. The van der Waals surface area contributed by atoms with E-state index in [1.165, 1.54) is 0 Å². The normalized spacial score (nSPS) is 21.9. The summed E-state index contributed by atoms with van der Waals surface area (Å²) < 4.78 is 1.74. The number of anilines is 1. The molecule has 138 valence electrons. The van der Waals surface area contributed by atoms with Gasteiger partial charge in [-0.25, -0.2) is 14.6 Å². The molecule has 2 aliphatic carbocycles. The van der Waals surface area contributed by atoms with Gasteiger partial charge in [0.2, 0.25) is 0 Å². The highest BCUT2D eigenvalue weighted by atomic mass is 16.1. The van der Waals surface area contributed by atoms with Gasteiger partial charge in [-0.15, -0.1) is 0 Å². The molecule has 1 fully saturated rings. The van der Waals surface area contributed by atoms with E-state index in [2.05, 4.69) is 25.4 Å². The second-order valence-electron chi connectivity index (χ2n) is 7.52. The molecule has 0 atom stereocenters. The summed E-state index contributed by atoms with van der Waals surface area (Å²) in [4.78, 5) is 25.3. The Kier molecular flexibility index (Phi) is 4.07. The van der Waals surface area contributed by atoms with Crippen LogP contribution in [0.3, 0.4) is 0 Å². The number of nitrogens with zero attached hydrogens (tertiary/aromatic N) is 5. The fourth-order valence-electron chi connectivity index (χ4n) is 4.36. The lowest BCUT2D eigenvalue weighted by Crippen LogP contribution is -2.34. The molecule has 27 heavy (non-hydrogen) atoms. The molecule has 0 unspecified atom stereocenters. The quantitative estimate of drug-likeness (QED) is 0.771. The van der Waals surface area contributed by atoms with Gasteiger partial charge in [0.25, 0.3) is 5.56 Å². The number of aryl methyl sites for hydroxylation is 2. The fraction of sp³-hybridized carbons (Fsp3) is 0.450. The lowest BCUT2D eigenvalue weighted by molar-refractivity contribution is 0.302. The van der Waals surface area contributed by atoms with Gasteiger partial charge in [0.15, 0.2) is 0 Å². The maximum absolute atomic E-state index is 12.5. The molecule has 0 aromatic carbocycles. The third-order valence-corrected chi connectivity index (χ3v) is 5.80. The van der Waals surface area contributed by atoms with Crippen molar-refractivity contribution >= 4 is 16.7 Å². The van der Waals surface area contributed by atoms with E-state index in [0.29, 0.717) is 6.04 Å². The van der Waals surface area contributed by atoms with E-state index in [0.717, 1.165) is 72.9 Å². The molecule has 7 heteroatoms. The maximum Gasteiger partial charge on any atom is 0.267 e. The molecule has 2 aliphatic rings. The highest BCUT2D eigenvalue weighted by Crippen LogP contribution is 2.30. The van der Waals surface area contributed by atoms with Crippen LogP contribution in [-0.4, -0.2) is 30.8 Å². The average Bonchev–Trinajstić information content (AvgIpc) is 3.15. The first-order valence-corrected chi connectivity index (χ1v) is 9.71. The van der Waals surface area contributed by atoms with E-state index < -0.39 is 0 Å². The lowest BCUT2D eigenvalue weighted by atomic mass is 9.91. The molecule has 3 aromatic heterocycles. The summed E-state index contributed by atoms with van der Waals surface area (Å²) in [5, 5.41) is 9.24. The molecule has 0 radical (unpaired) electrons. The molecule has 0 aliphatic heterocycles. The maximum atomic E-state index is 12.5. The first-order valence-electron chi connectivity index (χ1n) is 9.71. The van der Waals surface area contributed by atoms with Crippen LogP contribution in [0.2, 0.25) is 0 Å². The van der Waals surface area contributed by atoms with Crippen LogP contribution >= 0.6 is 0 Å². The summed E-state index contributed by atoms with van der Waals surface area (Å²) in [6.07, 6.45) is 12.1. The molecule has 3 aromatic rings. The summed E-state index contributed by atoms with van der Waals surface area (Å²) in [7, 11) is 0. The van der Waals surface area contributed by atoms with Crippen molar-refractivity contribution in [3.63, 3.8) is 0 Å². The molecule has 0 bridgehead atoms. The minimum absolute atomic E-state index is 0.0568. The van der Waals surface area contributed by atoms with Crippen LogP contribution in [0, 0.1) is 0 Å². The van der Waals surface area contributed by atoms with Gasteiger partial charge < -0.3 is 5.32 Å². The van der Waals surface area contributed by atoms with E-state index in [1.54, 1.807) is 29.5 Å². The van der Waals surface area contributed by atoms with E-state index in [-0.39, 0.29) is 11.6 Å². The van der Waals surface area contributed by atoms with Crippen molar-refractivity contribution in [3.8, 4) is 0 Å². The van der Waals surface area contributed by atoms with Gasteiger partial charge in [0.1, 0.15) is 12.1 Å². The highest BCUT2D eigenvalue weighted by Gasteiger charge is 2.26. The van der Waals surface area contributed by atoms with E-state index in [1.807, 2.05) is 6.07 Å². The van der Waals surface area contributed by atoms with Gasteiger partial charge in [-0.3, -0.25) is 9.78 Å². The Morgan fingerprint density at radius 1 is 1.11 bits per heavy atom. The van der Waals surface area contributed by atoms with E-state index >= 15 is 0 Å². The largest absolute Gasteiger partial charge is 0.367 e. The molecule has 0 amide bonds. The van der Waals surface area contributed by atoms with Crippen molar-refractivity contribution in [2.75, 3.05) is 5.32 Å². The molecular weight excluding hydrogens is 340 g/mol. The first kappa shape index (κ1) is 16.4. The van der Waals surface area contributed by atoms with Gasteiger partial charge in [-0.05, 0) is 56.6 Å². The molecule has 1 saturated carbocycles. The predicted molar refractivity (Wildman–Crippen MR) is 103 cm³/mol. The van der Waals surface area contributed by atoms with Crippen molar-refractivity contribution in [1.29, 1.82) is 0 Å². The molecule has 7 nitrogen and oxygen atoms in total. The number of pyridine rings is 1. The van der Waals surface area contributed by atoms with Crippen molar-refractivity contribution in [2.24, 2.45) is 0 Å². The highest BCUT2D eigenvalue weighted by molar-refractivity contribution is 5.87. The third-order valence-electron chi connectivity index (χ3n) is 5.80. The fourth-order valence-corrected chi connectivity index (χ4v) is 4.36. The second-order valence-corrected chi connectivity index (χ2v) is 7.52. The number of nitrogens with one attached hydrogen (secondary N) is 1. The van der Waals surface area contributed by atoms with E-state index in [9.17, 15) is 4.79 Å². The van der Waals surface area contributed by atoms with Crippen molar-refractivity contribution in [3.05, 3.63) is 52.5 Å². The Bertz CT molecular complexity index is 1030. The van der Waals surface area contributed by atoms with Gasteiger partial charge in [0.05, 0.1) is 23.4 Å². The molecule has 3 heterocycles. The van der Waals surface area contributed by atoms with Crippen LogP contribution in [0.5, 0.6) is 0 Å². The van der Waals surface area contributed by atoms with Crippen LogP contribution in [-0.2, 0) is 12.8 Å². The summed E-state index contributed by atoms with van der Waals surface area (Å²) in [5.74, 6) is 0.860. The minimum atomic E-state index is 0.0568. The number of fused-ring (bicyclic) bond motifs is 2. The van der Waals surface area contributed by atoms with Crippen LogP contribution in [0.15, 0.2) is 35.6 Å². The molecule has 5 rings (SSSR count). The zero-order valence-corrected chi connectivity index (χ0v) is 15.1. The number of rotatable bonds is 3. The topological polar surface area (TPSA) is 85.6 Å². The average molecular weight is 362 g/mol. The van der Waals surface area contributed by atoms with Gasteiger partial charge in [-0.2, -0.15) is 5.10 Å². The Morgan fingerprint density at radius 2 is 2.00 bits per heavy atom. The zero-order chi connectivity index (χ0) is 18.2. The number of aromatic nitrogens is 5. The Labute approximate surface area is 156 Å². The number of hydrogen-bond donors (Lipinski definition) is 1. The van der Waals surface area contributed by atoms with E-state index in [4.69, 9.17) is 0 Å². The van der Waals surface area contributed by atoms with Gasteiger partial charge in [-0.1, -0.05) is 0 Å². The summed E-state index contributed by atoms with van der Waals surface area (Å²) >= 11 is 0. The Balaban J connectivity index is 1.30. The monoisotopic (exact) mass is 362 g/mol. The minimum Gasteiger partial charge on any atom is -0.367 e. The zero-order valence-electron chi connectivity index (χ0n) is 15.1. The van der Waals surface area contributed by atoms with Crippen LogP contribution in [0.1, 0.15) is 49.4 Å². The Morgan fingerprint density at radius 3 is 2.89 bits per heavy atom. The van der Waals surface area contributed by atoms with Crippen molar-refractivity contribution in [2.45, 2.75) is 57.0 Å². The molecule has 1 N–H and O–H groups in total. The SMILES string of the molecule is O=c1cc2c(nn1C1CCC(Nc3ncnc4cnccc34)CC1)CCC2. The summed E-state index contributed by atoms with van der Waals surface area (Å²) in [6.45, 7) is 0. The van der Waals surface area contributed by atoms with Crippen molar-refractivity contribution < 1.29 is 0 Å². The predicted octanol–water partition coefficient (Wildman–Crippen LogP) is 2.67. The molecular formula is C20H22N6O. The lowest BCUT2D eigenvalue weighted by Gasteiger charge is -2.30. The summed E-state index contributed by atoms with van der Waals surface area (Å²) in [5.41, 5.74) is 3.17. The number of hydrogen-bond acceptors (Lipinski definition) is 6.